The van der Waals surface area contributed by atoms with Crippen LogP contribution in [0.4, 0.5) is 4.79 Å². The van der Waals surface area contributed by atoms with Crippen LogP contribution in [0.25, 0.3) is 0 Å². The van der Waals surface area contributed by atoms with Crippen molar-refractivity contribution < 1.29 is 14.6 Å². The van der Waals surface area contributed by atoms with Crippen molar-refractivity contribution in [1.82, 2.24) is 10.2 Å². The van der Waals surface area contributed by atoms with E-state index in [-0.39, 0.29) is 18.1 Å². The molecule has 0 spiro atoms. The van der Waals surface area contributed by atoms with Crippen LogP contribution in [-0.2, 0) is 4.74 Å². The van der Waals surface area contributed by atoms with E-state index in [1.807, 2.05) is 13.8 Å². The molecule has 100 valence electrons. The molecule has 0 aromatic rings. The topological polar surface area (TPSA) is 61.8 Å². The van der Waals surface area contributed by atoms with Crippen molar-refractivity contribution in [3.63, 3.8) is 0 Å². The van der Waals surface area contributed by atoms with Gasteiger partial charge in [-0.15, -0.1) is 0 Å². The van der Waals surface area contributed by atoms with Crippen LogP contribution in [-0.4, -0.2) is 55.5 Å². The Morgan fingerprint density at radius 2 is 1.94 bits per heavy atom. The molecule has 2 amide bonds. The fourth-order valence-electron chi connectivity index (χ4n) is 1.92. The van der Waals surface area contributed by atoms with Crippen LogP contribution in [0.5, 0.6) is 0 Å². The van der Waals surface area contributed by atoms with E-state index in [1.54, 1.807) is 4.90 Å². The summed E-state index contributed by atoms with van der Waals surface area (Å²) in [7, 11) is 0. The summed E-state index contributed by atoms with van der Waals surface area (Å²) >= 11 is 0. The summed E-state index contributed by atoms with van der Waals surface area (Å²) in [6.07, 6.45) is 1.73. The standard InChI is InChI=1S/C12H24N2O3/c1-3-12(4-2,10-15)9-13-11(16)14-5-7-17-8-6-14/h15H,3-10H2,1-2H3,(H,13,16). The molecule has 1 aliphatic heterocycles. The molecule has 5 heteroatoms. The first kappa shape index (κ1) is 14.3. The number of nitrogens with zero attached hydrogens (tertiary/aromatic N) is 1. The number of hydrogen-bond donors (Lipinski definition) is 2. The van der Waals surface area contributed by atoms with Gasteiger partial charge in [0, 0.05) is 25.0 Å². The Hall–Kier alpha value is -0.810. The number of aliphatic hydroxyl groups excluding tert-OH is 1. The number of urea groups is 1. The van der Waals surface area contributed by atoms with Gasteiger partial charge >= 0.3 is 6.03 Å². The SMILES string of the molecule is CCC(CC)(CO)CNC(=O)N1CCOCC1. The average Bonchev–Trinajstić information content (AvgIpc) is 2.41. The maximum absolute atomic E-state index is 11.9. The lowest BCUT2D eigenvalue weighted by molar-refractivity contribution is 0.0508. The zero-order valence-corrected chi connectivity index (χ0v) is 10.9. The number of aliphatic hydroxyl groups is 1. The molecule has 1 saturated heterocycles. The molecule has 0 atom stereocenters. The summed E-state index contributed by atoms with van der Waals surface area (Å²) in [4.78, 5) is 13.6. The number of ether oxygens (including phenoxy) is 1. The maximum Gasteiger partial charge on any atom is 0.317 e. The fourth-order valence-corrected chi connectivity index (χ4v) is 1.92. The zero-order valence-electron chi connectivity index (χ0n) is 10.9. The van der Waals surface area contributed by atoms with Gasteiger partial charge in [0.15, 0.2) is 0 Å². The van der Waals surface area contributed by atoms with Gasteiger partial charge in [-0.25, -0.2) is 4.79 Å². The Labute approximate surface area is 103 Å². The van der Waals surface area contributed by atoms with Gasteiger partial charge in [0.1, 0.15) is 0 Å². The summed E-state index contributed by atoms with van der Waals surface area (Å²) in [5.41, 5.74) is -0.179. The lowest BCUT2D eigenvalue weighted by Gasteiger charge is -2.32. The summed E-state index contributed by atoms with van der Waals surface area (Å²) in [6.45, 7) is 7.25. The highest BCUT2D eigenvalue weighted by atomic mass is 16.5. The number of rotatable bonds is 5. The summed E-state index contributed by atoms with van der Waals surface area (Å²) in [5.74, 6) is 0. The number of carbonyl (C=O) groups excluding carboxylic acids is 1. The van der Waals surface area contributed by atoms with Gasteiger partial charge in [-0.1, -0.05) is 13.8 Å². The third-order valence-electron chi connectivity index (χ3n) is 3.75. The number of nitrogens with one attached hydrogen (secondary N) is 1. The molecule has 1 heterocycles. The first-order valence-electron chi connectivity index (χ1n) is 6.39. The fraction of sp³-hybridized carbons (Fsp3) is 0.917. The molecule has 1 aliphatic rings. The predicted molar refractivity (Wildman–Crippen MR) is 65.9 cm³/mol. The molecule has 2 N–H and O–H groups in total. The Bertz CT molecular complexity index is 228. The van der Waals surface area contributed by atoms with Gasteiger partial charge < -0.3 is 20.1 Å². The number of morpholine rings is 1. The minimum absolute atomic E-state index is 0.0481. The molecule has 0 bridgehead atoms. The van der Waals surface area contributed by atoms with E-state index in [0.717, 1.165) is 12.8 Å². The van der Waals surface area contributed by atoms with E-state index >= 15 is 0 Å². The second kappa shape index (κ2) is 6.81. The van der Waals surface area contributed by atoms with Crippen LogP contribution in [0.1, 0.15) is 26.7 Å². The van der Waals surface area contributed by atoms with E-state index in [0.29, 0.717) is 32.8 Å². The molecule has 0 aromatic heterocycles. The van der Waals surface area contributed by atoms with Crippen LogP contribution in [0.15, 0.2) is 0 Å². The van der Waals surface area contributed by atoms with E-state index in [9.17, 15) is 9.90 Å². The Morgan fingerprint density at radius 1 is 1.35 bits per heavy atom. The molecule has 0 aromatic carbocycles. The molecule has 17 heavy (non-hydrogen) atoms. The van der Waals surface area contributed by atoms with Gasteiger partial charge in [-0.3, -0.25) is 0 Å². The Balaban J connectivity index is 2.40. The highest BCUT2D eigenvalue weighted by Crippen LogP contribution is 2.24. The van der Waals surface area contributed by atoms with Crippen molar-refractivity contribution in [2.24, 2.45) is 5.41 Å². The Kier molecular flexibility index (Phi) is 5.71. The van der Waals surface area contributed by atoms with Crippen molar-refractivity contribution >= 4 is 6.03 Å². The molecule has 5 nitrogen and oxygen atoms in total. The molecule has 0 unspecified atom stereocenters. The summed E-state index contributed by atoms with van der Waals surface area (Å²) in [5, 5.41) is 12.3. The lowest BCUT2D eigenvalue weighted by Crippen LogP contribution is -2.49. The van der Waals surface area contributed by atoms with Crippen molar-refractivity contribution in [2.75, 3.05) is 39.5 Å². The van der Waals surface area contributed by atoms with Crippen LogP contribution in [0.3, 0.4) is 0 Å². The minimum atomic E-state index is -0.179. The van der Waals surface area contributed by atoms with Crippen LogP contribution in [0, 0.1) is 5.41 Å². The van der Waals surface area contributed by atoms with Gasteiger partial charge in [-0.2, -0.15) is 0 Å². The Morgan fingerprint density at radius 3 is 2.41 bits per heavy atom. The van der Waals surface area contributed by atoms with Crippen LogP contribution in [0.2, 0.25) is 0 Å². The molecular weight excluding hydrogens is 220 g/mol. The van der Waals surface area contributed by atoms with E-state index in [2.05, 4.69) is 5.32 Å². The second-order valence-corrected chi connectivity index (χ2v) is 4.62. The number of carbonyl (C=O) groups is 1. The zero-order chi connectivity index (χ0) is 12.7. The maximum atomic E-state index is 11.9. The highest BCUT2D eigenvalue weighted by Gasteiger charge is 2.27. The van der Waals surface area contributed by atoms with E-state index in [1.165, 1.54) is 0 Å². The third-order valence-corrected chi connectivity index (χ3v) is 3.75. The van der Waals surface area contributed by atoms with Gasteiger partial charge in [0.05, 0.1) is 19.8 Å². The van der Waals surface area contributed by atoms with Crippen LogP contribution >= 0.6 is 0 Å². The smallest absolute Gasteiger partial charge is 0.317 e. The predicted octanol–water partition coefficient (Wildman–Crippen LogP) is 0.827. The van der Waals surface area contributed by atoms with Gasteiger partial charge in [-0.05, 0) is 12.8 Å². The summed E-state index contributed by atoms with van der Waals surface area (Å²) < 4.78 is 5.20. The average molecular weight is 244 g/mol. The third kappa shape index (κ3) is 3.85. The first-order chi connectivity index (χ1) is 8.17. The molecular formula is C12H24N2O3. The van der Waals surface area contributed by atoms with Crippen molar-refractivity contribution in [2.45, 2.75) is 26.7 Å². The number of hydrogen-bond acceptors (Lipinski definition) is 3. The first-order valence-corrected chi connectivity index (χ1v) is 6.39. The van der Waals surface area contributed by atoms with E-state index in [4.69, 9.17) is 4.74 Å². The van der Waals surface area contributed by atoms with Gasteiger partial charge in [0.25, 0.3) is 0 Å². The summed E-state index contributed by atoms with van der Waals surface area (Å²) in [6, 6.07) is -0.0481. The molecule has 0 saturated carbocycles. The molecule has 0 radical (unpaired) electrons. The van der Waals surface area contributed by atoms with Crippen molar-refractivity contribution in [3.05, 3.63) is 0 Å². The van der Waals surface area contributed by atoms with E-state index < -0.39 is 0 Å². The normalized spacial score (nSPS) is 17.0. The monoisotopic (exact) mass is 244 g/mol. The largest absolute Gasteiger partial charge is 0.396 e. The number of amides is 2. The van der Waals surface area contributed by atoms with Crippen LogP contribution < -0.4 is 5.32 Å². The quantitative estimate of drug-likeness (QED) is 0.753. The minimum Gasteiger partial charge on any atom is -0.396 e. The molecule has 0 aliphatic carbocycles. The molecule has 1 rings (SSSR count). The second-order valence-electron chi connectivity index (χ2n) is 4.62. The van der Waals surface area contributed by atoms with Gasteiger partial charge in [0.2, 0.25) is 0 Å². The molecule has 1 fully saturated rings. The highest BCUT2D eigenvalue weighted by molar-refractivity contribution is 5.74. The van der Waals surface area contributed by atoms with Crippen molar-refractivity contribution in [1.29, 1.82) is 0 Å². The van der Waals surface area contributed by atoms with Crippen molar-refractivity contribution in [3.8, 4) is 0 Å². The lowest BCUT2D eigenvalue weighted by atomic mass is 9.83.